The molecule has 17 heteroatoms. The van der Waals surface area contributed by atoms with Crippen LogP contribution in [0.1, 0.15) is 12.1 Å². The lowest BCUT2D eigenvalue weighted by Crippen LogP contribution is -2.80. The molecule has 4 atom stereocenters. The topological polar surface area (TPSA) is 211 Å². The first-order valence-corrected chi connectivity index (χ1v) is 11.4. The molecule has 0 bridgehead atoms. The fraction of sp³-hybridized carbons (Fsp3) is 0.438. The summed E-state index contributed by atoms with van der Waals surface area (Å²) < 4.78 is 5.06. The number of thioether (sulfide) groups is 1. The fourth-order valence-electron chi connectivity index (χ4n) is 3.73. The van der Waals surface area contributed by atoms with Gasteiger partial charge in [-0.15, -0.1) is 11.8 Å². The summed E-state index contributed by atoms with van der Waals surface area (Å²) in [4.78, 5) is 69.7. The van der Waals surface area contributed by atoms with Gasteiger partial charge in [-0.25, -0.2) is 14.6 Å². The number of rotatable bonds is 7. The molecular weight excluding hydrogens is 506 g/mol. The Labute approximate surface area is 197 Å². The number of halogens is 1. The first-order valence-electron chi connectivity index (χ1n) is 9.11. The van der Waals surface area contributed by atoms with E-state index >= 15 is 0 Å². The van der Waals surface area contributed by atoms with Crippen LogP contribution in [0.5, 0.6) is 0 Å². The highest BCUT2D eigenvalue weighted by Gasteiger charge is 2.71. The van der Waals surface area contributed by atoms with E-state index in [1.54, 1.807) is 0 Å². The summed E-state index contributed by atoms with van der Waals surface area (Å²) in [5.41, 5.74) is 2.75. The number of β-lactam (4-membered cyclic amide) rings is 1. The minimum Gasteiger partial charge on any atom is -0.479 e. The number of oxime groups is 1. The number of ether oxygens (including phenoxy) is 1. The number of carbonyl (C=O) groups excluding carboxylic acids is 3. The number of hydrogen-bond acceptors (Lipinski definition) is 12. The molecule has 4 heterocycles. The van der Waals surface area contributed by atoms with Crippen LogP contribution in [0.15, 0.2) is 5.16 Å². The molecule has 3 aliphatic heterocycles. The van der Waals surface area contributed by atoms with E-state index in [2.05, 4.69) is 20.3 Å². The number of nitrogens with one attached hydrogen (secondary N) is 1. The summed E-state index contributed by atoms with van der Waals surface area (Å²) in [5, 5.41) is 23.5. The standard InChI is InChI=1S/C16H14ClN5O9S2/c17-10-7(20-15(18)33-10)8(21-30-2-5(23)24)11(26)19-9-12(27)22-13(9)32-3-4-1-6(25)31-16(4,22)14(28)29/h4,9,13H,1-3H2,(H2,18,20)(H,19,26)(H,23,24)(H,28,29)/b21-8-/t4-,9+,13+,16+/m0/s1. The fourth-order valence-corrected chi connectivity index (χ4v) is 6.22. The molecule has 3 saturated heterocycles. The highest BCUT2D eigenvalue weighted by atomic mass is 35.5. The van der Waals surface area contributed by atoms with E-state index in [4.69, 9.17) is 27.2 Å². The number of thiazole rings is 1. The first-order chi connectivity index (χ1) is 15.6. The van der Waals surface area contributed by atoms with Gasteiger partial charge in [0.25, 0.3) is 17.5 Å². The number of carboxylic acids is 2. The van der Waals surface area contributed by atoms with Gasteiger partial charge in [-0.05, 0) is 0 Å². The van der Waals surface area contributed by atoms with Crippen LogP contribution < -0.4 is 11.1 Å². The van der Waals surface area contributed by atoms with Crippen molar-refractivity contribution in [2.45, 2.75) is 23.6 Å². The lowest BCUT2D eigenvalue weighted by atomic mass is 9.89. The maximum Gasteiger partial charge on any atom is 0.370 e. The van der Waals surface area contributed by atoms with Gasteiger partial charge in [0.1, 0.15) is 21.4 Å². The second-order valence-corrected chi connectivity index (χ2v) is 9.82. The van der Waals surface area contributed by atoms with Crippen molar-refractivity contribution >= 4 is 75.3 Å². The normalized spacial score (nSPS) is 28.3. The molecule has 0 spiro atoms. The summed E-state index contributed by atoms with van der Waals surface area (Å²) in [7, 11) is 0. The van der Waals surface area contributed by atoms with Gasteiger partial charge in [0.05, 0.1) is 6.42 Å². The van der Waals surface area contributed by atoms with E-state index in [1.165, 1.54) is 11.8 Å². The van der Waals surface area contributed by atoms with Gasteiger partial charge in [0.15, 0.2) is 10.8 Å². The number of amides is 2. The van der Waals surface area contributed by atoms with Crippen molar-refractivity contribution < 1.29 is 43.8 Å². The first kappa shape index (κ1) is 23.1. The van der Waals surface area contributed by atoms with Crippen molar-refractivity contribution in [3.05, 3.63) is 10.0 Å². The third-order valence-electron chi connectivity index (χ3n) is 5.08. The van der Waals surface area contributed by atoms with Crippen molar-refractivity contribution in [1.82, 2.24) is 15.2 Å². The van der Waals surface area contributed by atoms with Crippen LogP contribution in [-0.4, -0.2) is 85.0 Å². The van der Waals surface area contributed by atoms with Crippen LogP contribution in [0.25, 0.3) is 0 Å². The lowest BCUT2D eigenvalue weighted by molar-refractivity contribution is -0.215. The summed E-state index contributed by atoms with van der Waals surface area (Å²) in [6.07, 6.45) is -0.145. The number of aliphatic carboxylic acids is 2. The van der Waals surface area contributed by atoms with Gasteiger partial charge in [-0.1, -0.05) is 28.1 Å². The Morgan fingerprint density at radius 3 is 2.73 bits per heavy atom. The predicted molar refractivity (Wildman–Crippen MR) is 111 cm³/mol. The third-order valence-corrected chi connectivity index (χ3v) is 7.59. The molecule has 0 aliphatic carbocycles. The molecule has 3 aliphatic rings. The average Bonchev–Trinajstić information content (AvgIpc) is 3.25. The molecule has 14 nitrogen and oxygen atoms in total. The Hall–Kier alpha value is -3.11. The molecule has 3 fully saturated rings. The van der Waals surface area contributed by atoms with Gasteiger partial charge in [-0.3, -0.25) is 19.3 Å². The molecule has 4 rings (SSSR count). The van der Waals surface area contributed by atoms with E-state index < -0.39 is 65.1 Å². The number of esters is 1. The Morgan fingerprint density at radius 2 is 2.12 bits per heavy atom. The summed E-state index contributed by atoms with van der Waals surface area (Å²) in [5.74, 6) is -5.86. The Kier molecular flexibility index (Phi) is 5.83. The number of carboxylic acid groups (broad SMARTS) is 2. The maximum atomic E-state index is 12.9. The highest BCUT2D eigenvalue weighted by molar-refractivity contribution is 8.00. The zero-order valence-corrected chi connectivity index (χ0v) is 18.6. The van der Waals surface area contributed by atoms with Crippen LogP contribution in [0.2, 0.25) is 4.34 Å². The van der Waals surface area contributed by atoms with Crippen molar-refractivity contribution in [3.8, 4) is 0 Å². The molecule has 0 unspecified atom stereocenters. The number of carbonyl (C=O) groups is 5. The van der Waals surface area contributed by atoms with E-state index in [0.29, 0.717) is 0 Å². The van der Waals surface area contributed by atoms with Crippen molar-refractivity contribution in [2.75, 3.05) is 18.1 Å². The Morgan fingerprint density at radius 1 is 1.39 bits per heavy atom. The Balaban J connectivity index is 1.57. The molecule has 5 N–H and O–H groups in total. The molecule has 0 radical (unpaired) electrons. The van der Waals surface area contributed by atoms with Crippen LogP contribution in [-0.2, 0) is 33.5 Å². The highest BCUT2D eigenvalue weighted by Crippen LogP contribution is 2.51. The summed E-state index contributed by atoms with van der Waals surface area (Å²) in [6.45, 7) is -0.865. The number of nitrogens with two attached hydrogens (primary N) is 1. The number of fused-ring (bicyclic) bond motifs is 3. The summed E-state index contributed by atoms with van der Waals surface area (Å²) >= 11 is 8.04. The average molecular weight is 520 g/mol. The van der Waals surface area contributed by atoms with Crippen molar-refractivity contribution in [3.63, 3.8) is 0 Å². The monoisotopic (exact) mass is 519 g/mol. The van der Waals surface area contributed by atoms with E-state index in [9.17, 15) is 29.1 Å². The number of nitrogen functional groups attached to an aromatic ring is 1. The zero-order valence-electron chi connectivity index (χ0n) is 16.2. The minimum atomic E-state index is -2.13. The zero-order chi connectivity index (χ0) is 24.1. The molecule has 0 aromatic carbocycles. The predicted octanol–water partition coefficient (Wildman–Crippen LogP) is -1.07. The smallest absolute Gasteiger partial charge is 0.370 e. The SMILES string of the molecule is Nc1nc(/C(=N/OCC(=O)O)C(=O)N[C@@H]2C(=O)N3[C@@H]2SC[C@@H]2CC(=O)O[C@@]23C(=O)O)c(Cl)s1. The van der Waals surface area contributed by atoms with E-state index in [-0.39, 0.29) is 27.3 Å². The molecule has 1 aromatic heterocycles. The lowest BCUT2D eigenvalue weighted by Gasteiger charge is -2.56. The van der Waals surface area contributed by atoms with Gasteiger partial charge in [0.2, 0.25) is 6.61 Å². The van der Waals surface area contributed by atoms with Gasteiger partial charge in [-0.2, -0.15) is 0 Å². The number of anilines is 1. The largest absolute Gasteiger partial charge is 0.479 e. The molecule has 1 aromatic rings. The van der Waals surface area contributed by atoms with Gasteiger partial charge < -0.3 is 30.8 Å². The molecule has 0 saturated carbocycles. The van der Waals surface area contributed by atoms with Crippen LogP contribution in [0, 0.1) is 5.92 Å². The molecule has 33 heavy (non-hydrogen) atoms. The Bertz CT molecular complexity index is 1110. The third kappa shape index (κ3) is 3.72. The number of hydrogen-bond donors (Lipinski definition) is 4. The van der Waals surface area contributed by atoms with Gasteiger partial charge in [0, 0.05) is 11.7 Å². The second-order valence-electron chi connectivity index (χ2n) is 7.04. The molecule has 2 amide bonds. The molecule has 176 valence electrons. The quantitative estimate of drug-likeness (QED) is 0.147. The van der Waals surface area contributed by atoms with Gasteiger partial charge >= 0.3 is 17.9 Å². The number of aromatic nitrogens is 1. The molecular formula is C16H14ClN5O9S2. The minimum absolute atomic E-state index is 0.0000394. The van der Waals surface area contributed by atoms with Crippen LogP contribution in [0.4, 0.5) is 5.13 Å². The van der Waals surface area contributed by atoms with Crippen molar-refractivity contribution in [2.24, 2.45) is 11.1 Å². The van der Waals surface area contributed by atoms with E-state index in [1.807, 2.05) is 0 Å². The maximum absolute atomic E-state index is 12.9. The van der Waals surface area contributed by atoms with E-state index in [0.717, 1.165) is 16.2 Å². The second kappa shape index (κ2) is 8.35. The van der Waals surface area contributed by atoms with Crippen molar-refractivity contribution in [1.29, 1.82) is 0 Å². The van der Waals surface area contributed by atoms with Crippen LogP contribution >= 0.6 is 34.7 Å². The number of nitrogens with zero attached hydrogens (tertiary/aromatic N) is 3. The summed E-state index contributed by atoms with van der Waals surface area (Å²) in [6, 6.07) is -1.18. The van der Waals surface area contributed by atoms with Crippen LogP contribution in [0.3, 0.4) is 0 Å².